The van der Waals surface area contributed by atoms with Crippen LogP contribution in [0, 0.1) is 13.8 Å². The molecule has 2 rings (SSSR count). The molecule has 0 saturated heterocycles. The minimum absolute atomic E-state index is 0.477. The number of rotatable bonds is 5. The monoisotopic (exact) mass is 261 g/mol. The van der Waals surface area contributed by atoms with Gasteiger partial charge in [0.25, 0.3) is 0 Å². The Hall–Kier alpha value is -1.62. The molecule has 5 heteroatoms. The lowest BCUT2D eigenvalue weighted by Crippen LogP contribution is -2.23. The molecule has 0 aliphatic rings. The summed E-state index contributed by atoms with van der Waals surface area (Å²) in [5.74, 6) is 0. The Morgan fingerprint density at radius 3 is 2.63 bits per heavy atom. The highest BCUT2D eigenvalue weighted by Crippen LogP contribution is 2.14. The Kier molecular flexibility index (Phi) is 4.04. The highest BCUT2D eigenvalue weighted by atomic mass is 15.3. The highest BCUT2D eigenvalue weighted by molar-refractivity contribution is 5.25. The molecule has 0 radical (unpaired) electrons. The summed E-state index contributed by atoms with van der Waals surface area (Å²) in [6.07, 6.45) is 3.82. The van der Waals surface area contributed by atoms with Gasteiger partial charge in [0.05, 0.1) is 24.3 Å². The first kappa shape index (κ1) is 13.8. The maximum absolute atomic E-state index is 4.46. The summed E-state index contributed by atoms with van der Waals surface area (Å²) in [6, 6.07) is 0.477. The number of aromatic nitrogens is 4. The van der Waals surface area contributed by atoms with Crippen LogP contribution < -0.4 is 5.32 Å². The Bertz CT molecular complexity index is 550. The fourth-order valence-corrected chi connectivity index (χ4v) is 2.16. The third-order valence-electron chi connectivity index (χ3n) is 3.48. The first-order valence-electron chi connectivity index (χ1n) is 6.70. The van der Waals surface area contributed by atoms with Crippen LogP contribution in [0.3, 0.4) is 0 Å². The zero-order chi connectivity index (χ0) is 14.0. The van der Waals surface area contributed by atoms with Crippen molar-refractivity contribution in [1.82, 2.24) is 24.6 Å². The van der Waals surface area contributed by atoms with E-state index in [1.165, 1.54) is 17.0 Å². The Balaban J connectivity index is 2.17. The molecule has 2 aromatic rings. The third-order valence-corrected chi connectivity index (χ3v) is 3.48. The summed E-state index contributed by atoms with van der Waals surface area (Å²) in [6.45, 7) is 10.1. The second kappa shape index (κ2) is 5.57. The largest absolute Gasteiger partial charge is 0.329 e. The molecule has 0 fully saturated rings. The van der Waals surface area contributed by atoms with E-state index < -0.39 is 0 Å². The topological polar surface area (TPSA) is 47.7 Å². The van der Waals surface area contributed by atoms with Crippen LogP contribution in [0.5, 0.6) is 0 Å². The van der Waals surface area contributed by atoms with Crippen LogP contribution >= 0.6 is 0 Å². The second-order valence-electron chi connectivity index (χ2n) is 5.32. The summed E-state index contributed by atoms with van der Waals surface area (Å²) < 4.78 is 4.13. The molecular formula is C14H23N5. The molecule has 0 aliphatic heterocycles. The number of imidazole rings is 1. The van der Waals surface area contributed by atoms with Crippen molar-refractivity contribution in [2.45, 2.75) is 46.8 Å². The predicted octanol–water partition coefficient (Wildman–Crippen LogP) is 1.78. The maximum Gasteiger partial charge on any atom is 0.0951 e. The van der Waals surface area contributed by atoms with Crippen molar-refractivity contribution in [1.29, 1.82) is 0 Å². The lowest BCUT2D eigenvalue weighted by molar-refractivity contribution is 0.564. The summed E-state index contributed by atoms with van der Waals surface area (Å²) in [7, 11) is 1.99. The maximum atomic E-state index is 4.46. The Morgan fingerprint density at radius 2 is 2.05 bits per heavy atom. The molecule has 0 unspecified atom stereocenters. The van der Waals surface area contributed by atoms with Gasteiger partial charge < -0.3 is 9.88 Å². The first-order valence-corrected chi connectivity index (χ1v) is 6.70. The van der Waals surface area contributed by atoms with Crippen molar-refractivity contribution < 1.29 is 0 Å². The summed E-state index contributed by atoms with van der Waals surface area (Å²) >= 11 is 0. The van der Waals surface area contributed by atoms with Gasteiger partial charge in [0.1, 0.15) is 0 Å². The van der Waals surface area contributed by atoms with Crippen LogP contribution in [0.4, 0.5) is 0 Å². The summed E-state index contributed by atoms with van der Waals surface area (Å²) in [5, 5.41) is 7.89. The fraction of sp³-hybridized carbons (Fsp3) is 0.571. The third kappa shape index (κ3) is 3.04. The molecule has 2 aromatic heterocycles. The van der Waals surface area contributed by atoms with Crippen molar-refractivity contribution in [3.05, 3.63) is 35.2 Å². The molecule has 5 nitrogen and oxygen atoms in total. The minimum atomic E-state index is 0.477. The number of nitrogens with one attached hydrogen (secondary N) is 1. The van der Waals surface area contributed by atoms with Crippen LogP contribution in [-0.2, 0) is 20.1 Å². The summed E-state index contributed by atoms with van der Waals surface area (Å²) in [5.41, 5.74) is 4.80. The lowest BCUT2D eigenvalue weighted by atomic mass is 10.2. The normalized spacial score (nSPS) is 11.5. The number of nitrogens with zero attached hydrogens (tertiary/aromatic N) is 4. The lowest BCUT2D eigenvalue weighted by Gasteiger charge is -2.11. The Morgan fingerprint density at radius 1 is 1.32 bits per heavy atom. The molecule has 0 aliphatic carbocycles. The Labute approximate surface area is 114 Å². The van der Waals surface area contributed by atoms with E-state index in [-0.39, 0.29) is 0 Å². The van der Waals surface area contributed by atoms with Gasteiger partial charge in [-0.3, -0.25) is 4.68 Å². The van der Waals surface area contributed by atoms with Crippen LogP contribution in [-0.4, -0.2) is 25.4 Å². The number of aryl methyl sites for hydroxylation is 2. The van der Waals surface area contributed by atoms with Gasteiger partial charge in [0, 0.05) is 37.1 Å². The smallest absolute Gasteiger partial charge is 0.0951 e. The van der Waals surface area contributed by atoms with Crippen molar-refractivity contribution in [2.75, 3.05) is 0 Å². The van der Waals surface area contributed by atoms with Crippen molar-refractivity contribution in [2.24, 2.45) is 7.05 Å². The minimum Gasteiger partial charge on any atom is -0.329 e. The van der Waals surface area contributed by atoms with Gasteiger partial charge >= 0.3 is 0 Å². The standard InChI is InChI=1S/C14H23N5/c1-10(2)16-7-13-6-15-9-19(13)8-14-11(3)17-18(5)12(14)4/h6,9-10,16H,7-8H2,1-5H3. The number of hydrogen-bond acceptors (Lipinski definition) is 3. The molecular weight excluding hydrogens is 238 g/mol. The molecule has 2 heterocycles. The van der Waals surface area contributed by atoms with E-state index >= 15 is 0 Å². The first-order chi connectivity index (χ1) is 8.99. The number of hydrogen-bond donors (Lipinski definition) is 1. The van der Waals surface area contributed by atoms with Crippen LogP contribution in [0.15, 0.2) is 12.5 Å². The predicted molar refractivity (Wildman–Crippen MR) is 76.0 cm³/mol. The molecule has 104 valence electrons. The molecule has 0 atom stereocenters. The molecule has 0 saturated carbocycles. The zero-order valence-electron chi connectivity index (χ0n) is 12.4. The SMILES string of the molecule is Cc1nn(C)c(C)c1Cn1cncc1CNC(C)C. The van der Waals surface area contributed by atoms with E-state index in [1.54, 1.807) is 0 Å². The van der Waals surface area contributed by atoms with Crippen molar-refractivity contribution in [3.8, 4) is 0 Å². The second-order valence-corrected chi connectivity index (χ2v) is 5.32. The average Bonchev–Trinajstić information content (AvgIpc) is 2.87. The fourth-order valence-electron chi connectivity index (χ4n) is 2.16. The highest BCUT2D eigenvalue weighted by Gasteiger charge is 2.11. The van der Waals surface area contributed by atoms with E-state index in [9.17, 15) is 0 Å². The van der Waals surface area contributed by atoms with Crippen molar-refractivity contribution in [3.63, 3.8) is 0 Å². The van der Waals surface area contributed by atoms with Gasteiger partial charge in [-0.05, 0) is 13.8 Å². The van der Waals surface area contributed by atoms with E-state index in [2.05, 4.69) is 47.7 Å². The van der Waals surface area contributed by atoms with Gasteiger partial charge in [-0.25, -0.2) is 4.98 Å². The van der Waals surface area contributed by atoms with Gasteiger partial charge in [-0.2, -0.15) is 5.10 Å². The molecule has 19 heavy (non-hydrogen) atoms. The summed E-state index contributed by atoms with van der Waals surface area (Å²) in [4.78, 5) is 4.26. The van der Waals surface area contributed by atoms with Gasteiger partial charge in [-0.1, -0.05) is 13.8 Å². The van der Waals surface area contributed by atoms with Gasteiger partial charge in [0.15, 0.2) is 0 Å². The quantitative estimate of drug-likeness (QED) is 0.892. The van der Waals surface area contributed by atoms with Gasteiger partial charge in [-0.15, -0.1) is 0 Å². The van der Waals surface area contributed by atoms with E-state index in [1.807, 2.05) is 24.3 Å². The van der Waals surface area contributed by atoms with E-state index in [0.29, 0.717) is 6.04 Å². The molecule has 0 aromatic carbocycles. The van der Waals surface area contributed by atoms with E-state index in [0.717, 1.165) is 18.8 Å². The molecule has 0 bridgehead atoms. The zero-order valence-corrected chi connectivity index (χ0v) is 12.4. The van der Waals surface area contributed by atoms with Crippen LogP contribution in [0.1, 0.15) is 36.5 Å². The van der Waals surface area contributed by atoms with Gasteiger partial charge in [0.2, 0.25) is 0 Å². The average molecular weight is 261 g/mol. The van der Waals surface area contributed by atoms with Crippen molar-refractivity contribution >= 4 is 0 Å². The molecule has 0 spiro atoms. The van der Waals surface area contributed by atoms with Crippen LogP contribution in [0.25, 0.3) is 0 Å². The van der Waals surface area contributed by atoms with E-state index in [4.69, 9.17) is 0 Å². The molecule has 1 N–H and O–H groups in total. The molecule has 0 amide bonds. The van der Waals surface area contributed by atoms with Crippen LogP contribution in [0.2, 0.25) is 0 Å².